The Morgan fingerprint density at radius 3 is 1.59 bits per heavy atom. The summed E-state index contributed by atoms with van der Waals surface area (Å²) in [6, 6.07) is 9.10. The maximum atomic E-state index is 4.78. The Balaban J connectivity index is 1.41. The minimum absolute atomic E-state index is 0.878. The topological polar surface area (TPSA) is 32.5 Å². The van der Waals surface area contributed by atoms with Crippen LogP contribution in [0.15, 0.2) is 46.6 Å². The predicted octanol–water partition coefficient (Wildman–Crippen LogP) is 5.42. The molecule has 0 spiro atoms. The van der Waals surface area contributed by atoms with Crippen molar-refractivity contribution in [3.8, 4) is 0 Å². The SMILES string of the molecule is Cc1cc2c3s[n+](cc3c1)CCCCN=Cc1cc(C)cc3c[n+](sc13)CCCCN=C2. The van der Waals surface area contributed by atoms with Crippen molar-refractivity contribution >= 4 is 55.7 Å². The first-order valence-corrected chi connectivity index (χ1v) is 13.1. The van der Waals surface area contributed by atoms with Crippen molar-refractivity contribution in [1.82, 2.24) is 0 Å². The van der Waals surface area contributed by atoms with Gasteiger partial charge in [-0.05, 0) is 62.1 Å². The molecule has 1 aliphatic rings. The van der Waals surface area contributed by atoms with E-state index in [1.54, 1.807) is 0 Å². The van der Waals surface area contributed by atoms with E-state index in [1.165, 1.54) is 42.4 Å². The molecule has 4 bridgehead atoms. The molecular formula is C26H30N4S2+2. The first-order chi connectivity index (χ1) is 15.7. The third-order valence-electron chi connectivity index (χ3n) is 5.86. The second-order valence-electron chi connectivity index (χ2n) is 8.75. The van der Waals surface area contributed by atoms with Crippen molar-refractivity contribution in [1.29, 1.82) is 0 Å². The number of rotatable bonds is 0. The largest absolute Gasteiger partial charge is 0.293 e. The molecule has 32 heavy (non-hydrogen) atoms. The molecule has 0 atom stereocenters. The van der Waals surface area contributed by atoms with Gasteiger partial charge in [0.25, 0.3) is 0 Å². The van der Waals surface area contributed by atoms with E-state index in [2.05, 4.69) is 70.8 Å². The fourth-order valence-corrected chi connectivity index (χ4v) is 6.45. The molecule has 0 radical (unpaired) electrons. The number of hydrogen-bond donors (Lipinski definition) is 0. The summed E-state index contributed by atoms with van der Waals surface area (Å²) in [5, 5.41) is 2.65. The summed E-state index contributed by atoms with van der Waals surface area (Å²) in [5.41, 5.74) is 5.10. The van der Waals surface area contributed by atoms with Crippen molar-refractivity contribution in [2.75, 3.05) is 13.1 Å². The lowest BCUT2D eigenvalue weighted by Gasteiger charge is -1.98. The average Bonchev–Trinajstić information content (AvgIpc) is 3.35. The lowest BCUT2D eigenvalue weighted by molar-refractivity contribution is -0.628. The minimum Gasteiger partial charge on any atom is -0.293 e. The molecule has 0 N–H and O–H groups in total. The number of nitrogens with zero attached hydrogens (tertiary/aromatic N) is 4. The molecule has 2 aromatic carbocycles. The second kappa shape index (κ2) is 9.59. The number of aliphatic imine (C=N–C) groups is 2. The Kier molecular flexibility index (Phi) is 6.42. The maximum Gasteiger partial charge on any atom is 0.191 e. The maximum absolute atomic E-state index is 4.78. The standard InChI is InChI=1S/C26H30N4S2/c1-19-11-21-15-27-7-3-6-10-30-18-24-14-20(2)12-22(26(24)32-30)16-28-8-4-5-9-29-17-23(13-19)25(21)31-29/h11-18H,3-10H2,1-2H3/q+2. The highest BCUT2D eigenvalue weighted by molar-refractivity contribution is 7.10. The van der Waals surface area contributed by atoms with Crippen molar-refractivity contribution in [2.45, 2.75) is 52.6 Å². The number of benzene rings is 2. The molecule has 4 aromatic rings. The molecule has 4 nitrogen and oxygen atoms in total. The van der Waals surface area contributed by atoms with E-state index in [1.807, 2.05) is 23.1 Å². The number of fused-ring (bicyclic) bond motifs is 2. The van der Waals surface area contributed by atoms with E-state index in [0.717, 1.165) is 51.9 Å². The zero-order chi connectivity index (χ0) is 21.9. The Hall–Kier alpha value is -2.44. The number of aryl methyl sites for hydroxylation is 4. The lowest BCUT2D eigenvalue weighted by atomic mass is 10.1. The summed E-state index contributed by atoms with van der Waals surface area (Å²) in [4.78, 5) is 9.55. The fraction of sp³-hybridized carbons (Fsp3) is 0.385. The van der Waals surface area contributed by atoms with E-state index < -0.39 is 0 Å². The smallest absolute Gasteiger partial charge is 0.191 e. The predicted molar refractivity (Wildman–Crippen MR) is 137 cm³/mol. The van der Waals surface area contributed by atoms with Gasteiger partial charge in [-0.3, -0.25) is 9.98 Å². The van der Waals surface area contributed by atoms with Crippen molar-refractivity contribution in [3.63, 3.8) is 0 Å². The molecule has 0 saturated heterocycles. The Morgan fingerprint density at radius 1 is 0.656 bits per heavy atom. The van der Waals surface area contributed by atoms with Gasteiger partial charge < -0.3 is 0 Å². The van der Waals surface area contributed by atoms with Gasteiger partial charge in [-0.2, -0.15) is 0 Å². The summed E-state index contributed by atoms with van der Waals surface area (Å²) < 4.78 is 7.43. The summed E-state index contributed by atoms with van der Waals surface area (Å²) in [6.45, 7) is 8.20. The van der Waals surface area contributed by atoms with Gasteiger partial charge in [0.2, 0.25) is 0 Å². The summed E-state index contributed by atoms with van der Waals surface area (Å²) >= 11 is 3.71. The molecule has 1 aliphatic heterocycles. The Morgan fingerprint density at radius 2 is 1.12 bits per heavy atom. The molecule has 164 valence electrons. The molecule has 0 saturated carbocycles. The highest BCUT2D eigenvalue weighted by atomic mass is 32.1. The van der Waals surface area contributed by atoms with Crippen molar-refractivity contribution in [2.24, 2.45) is 9.98 Å². The van der Waals surface area contributed by atoms with Crippen LogP contribution in [0.25, 0.3) is 20.2 Å². The van der Waals surface area contributed by atoms with Gasteiger partial charge in [0.05, 0.1) is 10.8 Å². The molecular weight excluding hydrogens is 432 g/mol. The van der Waals surface area contributed by atoms with Crippen LogP contribution < -0.4 is 7.91 Å². The van der Waals surface area contributed by atoms with Gasteiger partial charge in [-0.1, -0.05) is 0 Å². The molecule has 0 amide bonds. The molecule has 3 heterocycles. The number of hydrogen-bond acceptors (Lipinski definition) is 4. The Bertz CT molecular complexity index is 1210. The van der Waals surface area contributed by atoms with Crippen molar-refractivity contribution < 1.29 is 7.91 Å². The lowest BCUT2D eigenvalue weighted by Crippen LogP contribution is -2.27. The summed E-state index contributed by atoms with van der Waals surface area (Å²) in [7, 11) is 0. The minimum atomic E-state index is 0.878. The van der Waals surface area contributed by atoms with Gasteiger partial charge in [0.15, 0.2) is 25.5 Å². The Labute approximate surface area is 197 Å². The van der Waals surface area contributed by atoms with E-state index in [0.29, 0.717) is 0 Å². The van der Waals surface area contributed by atoms with Gasteiger partial charge >= 0.3 is 0 Å². The quantitative estimate of drug-likeness (QED) is 0.313. The third kappa shape index (κ3) is 4.81. The first kappa shape index (κ1) is 21.4. The van der Waals surface area contributed by atoms with Gasteiger partial charge in [0.1, 0.15) is 32.5 Å². The monoisotopic (exact) mass is 462 g/mol. The van der Waals surface area contributed by atoms with Crippen LogP contribution in [0.4, 0.5) is 0 Å². The van der Waals surface area contributed by atoms with Crippen LogP contribution in [-0.4, -0.2) is 25.5 Å². The highest BCUT2D eigenvalue weighted by Crippen LogP contribution is 2.24. The zero-order valence-corrected chi connectivity index (χ0v) is 20.5. The van der Waals surface area contributed by atoms with E-state index >= 15 is 0 Å². The molecule has 6 heteroatoms. The average molecular weight is 463 g/mol. The van der Waals surface area contributed by atoms with Crippen LogP contribution in [-0.2, 0) is 13.1 Å². The molecule has 0 unspecified atom stereocenters. The third-order valence-corrected chi connectivity index (χ3v) is 8.21. The van der Waals surface area contributed by atoms with Crippen molar-refractivity contribution in [3.05, 3.63) is 58.9 Å². The van der Waals surface area contributed by atoms with E-state index in [9.17, 15) is 0 Å². The number of aromatic nitrogens is 2. The van der Waals surface area contributed by atoms with Crippen LogP contribution >= 0.6 is 23.1 Å². The second-order valence-corrected chi connectivity index (χ2v) is 10.9. The molecule has 5 rings (SSSR count). The van der Waals surface area contributed by atoms with Crippen LogP contribution in [0.2, 0.25) is 0 Å². The first-order valence-electron chi connectivity index (χ1n) is 11.5. The summed E-state index contributed by atoms with van der Waals surface area (Å²) in [6.07, 6.45) is 13.2. The van der Waals surface area contributed by atoms with Crippen LogP contribution in [0.5, 0.6) is 0 Å². The van der Waals surface area contributed by atoms with Crippen LogP contribution in [0.3, 0.4) is 0 Å². The van der Waals surface area contributed by atoms with Gasteiger partial charge in [-0.25, -0.2) is 0 Å². The normalized spacial score (nSPS) is 15.8. The molecule has 2 aromatic heterocycles. The molecule has 0 aliphatic carbocycles. The molecule has 0 fully saturated rings. The summed E-state index contributed by atoms with van der Waals surface area (Å²) in [5.74, 6) is 0. The van der Waals surface area contributed by atoms with E-state index in [4.69, 9.17) is 9.98 Å². The zero-order valence-electron chi connectivity index (χ0n) is 18.9. The highest BCUT2D eigenvalue weighted by Gasteiger charge is 2.15. The van der Waals surface area contributed by atoms with Gasteiger partial charge in [-0.15, -0.1) is 7.91 Å². The van der Waals surface area contributed by atoms with Crippen LogP contribution in [0.1, 0.15) is 47.9 Å². The fourth-order valence-electron chi connectivity index (χ4n) is 4.34. The van der Waals surface area contributed by atoms with E-state index in [-0.39, 0.29) is 0 Å². The van der Waals surface area contributed by atoms with Gasteiger partial charge in [0, 0.05) is 49.5 Å². The van der Waals surface area contributed by atoms with Crippen LogP contribution in [0, 0.1) is 13.8 Å².